The molecule has 1 saturated heterocycles. The average Bonchev–Trinajstić information content (AvgIpc) is 2.99. The molecular formula is C30H48N4O8S2. The molecule has 2 N–H and O–H groups in total. The van der Waals surface area contributed by atoms with E-state index in [4.69, 9.17) is 18.9 Å². The third kappa shape index (κ3) is 14.0. The fourth-order valence-corrected chi connectivity index (χ4v) is 6.41. The van der Waals surface area contributed by atoms with Crippen LogP contribution < -0.4 is 9.44 Å². The lowest BCUT2D eigenvalue weighted by atomic mass is 10.2. The molecule has 14 heteroatoms. The summed E-state index contributed by atoms with van der Waals surface area (Å²) in [5, 5.41) is 0. The van der Waals surface area contributed by atoms with E-state index in [1.165, 1.54) is 0 Å². The fraction of sp³-hybridized carbons (Fsp3) is 0.600. The maximum Gasteiger partial charge on any atom is 0.240 e. The van der Waals surface area contributed by atoms with Gasteiger partial charge in [-0.1, -0.05) is 35.4 Å². The molecule has 0 aromatic heterocycles. The van der Waals surface area contributed by atoms with Crippen LogP contribution in [0.5, 0.6) is 0 Å². The Bertz CT molecular complexity index is 1170. The van der Waals surface area contributed by atoms with Crippen molar-refractivity contribution in [3.63, 3.8) is 0 Å². The van der Waals surface area contributed by atoms with Gasteiger partial charge in [0.1, 0.15) is 0 Å². The van der Waals surface area contributed by atoms with E-state index in [1.807, 2.05) is 13.8 Å². The number of ether oxygens (including phenoxy) is 4. The highest BCUT2D eigenvalue weighted by Gasteiger charge is 2.16. The Morgan fingerprint density at radius 2 is 0.818 bits per heavy atom. The molecule has 0 amide bonds. The van der Waals surface area contributed by atoms with Gasteiger partial charge in [-0.2, -0.15) is 0 Å². The van der Waals surface area contributed by atoms with E-state index in [0.29, 0.717) is 92.1 Å². The van der Waals surface area contributed by atoms with Gasteiger partial charge in [-0.15, -0.1) is 0 Å². The second-order valence-electron chi connectivity index (χ2n) is 10.6. The minimum Gasteiger partial charge on any atom is -0.378 e. The highest BCUT2D eigenvalue weighted by molar-refractivity contribution is 7.89. The molecule has 1 aliphatic heterocycles. The zero-order valence-corrected chi connectivity index (χ0v) is 27.5. The maximum atomic E-state index is 12.6. The number of sulfonamides is 2. The molecule has 0 saturated carbocycles. The number of nitrogens with one attached hydrogen (secondary N) is 2. The summed E-state index contributed by atoms with van der Waals surface area (Å²) in [5.41, 5.74) is 2.00. The van der Waals surface area contributed by atoms with Crippen molar-refractivity contribution in [3.8, 4) is 0 Å². The predicted octanol–water partition coefficient (Wildman–Crippen LogP) is 1.24. The highest BCUT2D eigenvalue weighted by Crippen LogP contribution is 2.10. The minimum absolute atomic E-state index is 0.250. The third-order valence-corrected chi connectivity index (χ3v) is 10.0. The molecule has 2 aromatic carbocycles. The molecular weight excluding hydrogens is 608 g/mol. The molecule has 44 heavy (non-hydrogen) atoms. The number of rotatable bonds is 10. The summed E-state index contributed by atoms with van der Waals surface area (Å²) in [5.74, 6) is 0. The first kappa shape index (κ1) is 36.5. The van der Waals surface area contributed by atoms with Crippen molar-refractivity contribution in [1.82, 2.24) is 19.2 Å². The van der Waals surface area contributed by atoms with E-state index >= 15 is 0 Å². The number of benzene rings is 2. The summed E-state index contributed by atoms with van der Waals surface area (Å²) >= 11 is 0. The second kappa shape index (κ2) is 19.5. The molecule has 2 aromatic rings. The Morgan fingerprint density at radius 1 is 0.523 bits per heavy atom. The number of aryl methyl sites for hydroxylation is 2. The smallest absolute Gasteiger partial charge is 0.240 e. The van der Waals surface area contributed by atoms with Crippen LogP contribution in [0.1, 0.15) is 11.1 Å². The van der Waals surface area contributed by atoms with Crippen molar-refractivity contribution in [3.05, 3.63) is 59.7 Å². The van der Waals surface area contributed by atoms with Crippen molar-refractivity contribution in [2.75, 3.05) is 105 Å². The van der Waals surface area contributed by atoms with Gasteiger partial charge in [0.05, 0.1) is 62.6 Å². The van der Waals surface area contributed by atoms with Crippen LogP contribution in [0.3, 0.4) is 0 Å². The summed E-state index contributed by atoms with van der Waals surface area (Å²) < 4.78 is 78.8. The molecule has 0 atom stereocenters. The lowest BCUT2D eigenvalue weighted by Gasteiger charge is -2.24. The first-order valence-corrected chi connectivity index (χ1v) is 18.0. The number of hydrogen-bond acceptors (Lipinski definition) is 10. The lowest BCUT2D eigenvalue weighted by molar-refractivity contribution is 0.00862. The molecule has 0 unspecified atom stereocenters. The van der Waals surface area contributed by atoms with Gasteiger partial charge < -0.3 is 18.9 Å². The van der Waals surface area contributed by atoms with Gasteiger partial charge in [-0.05, 0) is 38.1 Å². The second-order valence-corrected chi connectivity index (χ2v) is 14.1. The van der Waals surface area contributed by atoms with Crippen molar-refractivity contribution in [2.45, 2.75) is 23.6 Å². The average molecular weight is 657 g/mol. The van der Waals surface area contributed by atoms with E-state index in [9.17, 15) is 16.8 Å². The summed E-state index contributed by atoms with van der Waals surface area (Å²) in [4.78, 5) is 4.71. The predicted molar refractivity (Wildman–Crippen MR) is 169 cm³/mol. The normalized spacial score (nSPS) is 18.4. The van der Waals surface area contributed by atoms with E-state index in [2.05, 4.69) is 19.2 Å². The van der Waals surface area contributed by atoms with Crippen LogP contribution in [0.4, 0.5) is 0 Å². The van der Waals surface area contributed by atoms with Crippen LogP contribution in [-0.2, 0) is 39.0 Å². The van der Waals surface area contributed by atoms with Crippen molar-refractivity contribution in [1.29, 1.82) is 0 Å². The molecule has 0 bridgehead atoms. The Balaban J connectivity index is 1.39. The Labute approximate surface area is 263 Å². The zero-order chi connectivity index (χ0) is 31.7. The van der Waals surface area contributed by atoms with Gasteiger partial charge >= 0.3 is 0 Å². The van der Waals surface area contributed by atoms with Crippen LogP contribution in [0.25, 0.3) is 0 Å². The van der Waals surface area contributed by atoms with E-state index < -0.39 is 20.0 Å². The number of nitrogens with zero attached hydrogens (tertiary/aromatic N) is 2. The van der Waals surface area contributed by atoms with Crippen molar-refractivity contribution < 1.29 is 35.8 Å². The van der Waals surface area contributed by atoms with Gasteiger partial charge in [-0.3, -0.25) is 9.80 Å². The standard InChI is InChI=1S/C30H48N4O8S2/c1-27-3-7-29(8-4-27)43(35,36)31-11-13-33-15-19-39-23-25-41-21-17-34(18-22-42-26-24-40-20-16-33)14-12-32-44(37,38)30-9-5-28(2)6-10-30/h3-10,31-32H,11-26H2,1-2H3. The molecule has 12 nitrogen and oxygen atoms in total. The van der Waals surface area contributed by atoms with Gasteiger partial charge in [0.15, 0.2) is 0 Å². The van der Waals surface area contributed by atoms with Gasteiger partial charge in [-0.25, -0.2) is 26.3 Å². The molecule has 248 valence electrons. The summed E-state index contributed by atoms with van der Waals surface area (Å²) in [6, 6.07) is 13.5. The fourth-order valence-electron chi connectivity index (χ4n) is 4.37. The molecule has 1 heterocycles. The SMILES string of the molecule is Cc1ccc(S(=O)(=O)NCCN2CCOCCOCCN(CCNS(=O)(=O)c3ccc(C)cc3)CCOCCOCC2)cc1. The number of hydrogen-bond donors (Lipinski definition) is 2. The maximum absolute atomic E-state index is 12.6. The van der Waals surface area contributed by atoms with Crippen LogP contribution in [0.15, 0.2) is 58.3 Å². The van der Waals surface area contributed by atoms with E-state index in [0.717, 1.165) is 11.1 Å². The first-order valence-electron chi connectivity index (χ1n) is 15.0. The van der Waals surface area contributed by atoms with Crippen LogP contribution in [-0.4, -0.2) is 132 Å². The third-order valence-electron chi connectivity index (χ3n) is 7.05. The van der Waals surface area contributed by atoms with Gasteiger partial charge in [0.25, 0.3) is 0 Å². The van der Waals surface area contributed by atoms with Crippen molar-refractivity contribution in [2.24, 2.45) is 0 Å². The highest BCUT2D eigenvalue weighted by atomic mass is 32.2. The molecule has 0 radical (unpaired) electrons. The Hall–Kier alpha value is -1.98. The summed E-state index contributed by atoms with van der Waals surface area (Å²) in [6.45, 7) is 11.5. The lowest BCUT2D eigenvalue weighted by Crippen LogP contribution is -2.39. The van der Waals surface area contributed by atoms with Crippen molar-refractivity contribution >= 4 is 20.0 Å². The topological polar surface area (TPSA) is 136 Å². The first-order chi connectivity index (χ1) is 21.2. The zero-order valence-electron chi connectivity index (χ0n) is 25.9. The van der Waals surface area contributed by atoms with Crippen LogP contribution in [0, 0.1) is 13.8 Å². The minimum atomic E-state index is -3.58. The van der Waals surface area contributed by atoms with Gasteiger partial charge in [0.2, 0.25) is 20.0 Å². The Morgan fingerprint density at radius 3 is 1.11 bits per heavy atom. The molecule has 3 rings (SSSR count). The largest absolute Gasteiger partial charge is 0.378 e. The summed E-state index contributed by atoms with van der Waals surface area (Å²) in [7, 11) is -7.15. The Kier molecular flexibility index (Phi) is 16.2. The van der Waals surface area contributed by atoms with Crippen LogP contribution in [0.2, 0.25) is 0 Å². The molecule has 1 aliphatic rings. The van der Waals surface area contributed by atoms with Gasteiger partial charge in [0, 0.05) is 52.4 Å². The van der Waals surface area contributed by atoms with Crippen LogP contribution >= 0.6 is 0 Å². The summed E-state index contributed by atoms with van der Waals surface area (Å²) in [6.07, 6.45) is 0. The van der Waals surface area contributed by atoms with E-state index in [1.54, 1.807) is 48.5 Å². The monoisotopic (exact) mass is 656 g/mol. The van der Waals surface area contributed by atoms with E-state index in [-0.39, 0.29) is 22.9 Å². The molecule has 1 fully saturated rings. The molecule has 0 aliphatic carbocycles. The quantitative estimate of drug-likeness (QED) is 0.385. The molecule has 0 spiro atoms.